The van der Waals surface area contributed by atoms with Crippen molar-refractivity contribution in [1.82, 2.24) is 4.98 Å². The molecular weight excluding hydrogens is 364 g/mol. The molecule has 0 atom stereocenters. The van der Waals surface area contributed by atoms with Gasteiger partial charge in [-0.2, -0.15) is 13.2 Å². The highest BCUT2D eigenvalue weighted by molar-refractivity contribution is 9.08. The number of carboxylic acids is 1. The fourth-order valence-corrected chi connectivity index (χ4v) is 1.65. The van der Waals surface area contributed by atoms with E-state index in [2.05, 4.69) is 25.7 Å². The van der Waals surface area contributed by atoms with E-state index in [-0.39, 0.29) is 11.4 Å². The summed E-state index contributed by atoms with van der Waals surface area (Å²) in [6.45, 7) is 0. The van der Waals surface area contributed by atoms with Gasteiger partial charge in [0.1, 0.15) is 0 Å². The minimum atomic E-state index is -5.41. The van der Waals surface area contributed by atoms with E-state index in [1.807, 2.05) is 0 Å². The van der Waals surface area contributed by atoms with Crippen LogP contribution >= 0.6 is 15.9 Å². The molecule has 0 radical (unpaired) electrons. The summed E-state index contributed by atoms with van der Waals surface area (Å²) < 4.78 is 77.1. The van der Waals surface area contributed by atoms with Gasteiger partial charge in [0.2, 0.25) is 0 Å². The van der Waals surface area contributed by atoms with Crippen molar-refractivity contribution in [3.63, 3.8) is 0 Å². The van der Waals surface area contributed by atoms with E-state index in [1.54, 1.807) is 0 Å². The van der Waals surface area contributed by atoms with Gasteiger partial charge in [-0.1, -0.05) is 15.9 Å². The highest BCUT2D eigenvalue weighted by Gasteiger charge is 2.42. The van der Waals surface area contributed by atoms with Crippen molar-refractivity contribution in [1.29, 1.82) is 0 Å². The highest BCUT2D eigenvalue weighted by atomic mass is 79.9. The molecule has 0 unspecified atom stereocenters. The molecule has 112 valence electrons. The van der Waals surface area contributed by atoms with Crippen molar-refractivity contribution in [2.75, 3.05) is 0 Å². The second kappa shape index (κ2) is 5.46. The van der Waals surface area contributed by atoms with Crippen molar-refractivity contribution in [3.05, 3.63) is 23.0 Å². The Bertz CT molecular complexity index is 528. The Morgan fingerprint density at radius 2 is 1.85 bits per heavy atom. The number of ether oxygens (including phenoxy) is 1. The summed E-state index contributed by atoms with van der Waals surface area (Å²) in [5.74, 6) is -3.44. The molecule has 0 saturated heterocycles. The summed E-state index contributed by atoms with van der Waals surface area (Å²) in [6.07, 6.45) is -10.6. The minimum absolute atomic E-state index is 0.141. The first-order chi connectivity index (χ1) is 8.95. The monoisotopic (exact) mass is 367 g/mol. The molecule has 20 heavy (non-hydrogen) atoms. The number of nitrogens with zero attached hydrogens (tertiary/aromatic N) is 1. The van der Waals surface area contributed by atoms with Crippen LogP contribution in [0, 0.1) is 0 Å². The van der Waals surface area contributed by atoms with E-state index in [9.17, 15) is 31.1 Å². The number of aromatic nitrogens is 1. The van der Waals surface area contributed by atoms with Crippen LogP contribution in [0.1, 0.15) is 21.7 Å². The van der Waals surface area contributed by atoms with Crippen LogP contribution in [-0.4, -0.2) is 22.4 Å². The lowest BCUT2D eigenvalue weighted by Crippen LogP contribution is -2.22. The van der Waals surface area contributed by atoms with Crippen LogP contribution in [-0.2, 0) is 11.5 Å². The van der Waals surface area contributed by atoms with Gasteiger partial charge in [-0.15, -0.1) is 13.2 Å². The molecule has 4 nitrogen and oxygen atoms in total. The largest absolute Gasteiger partial charge is 0.573 e. The maximum absolute atomic E-state index is 12.6. The van der Waals surface area contributed by atoms with Crippen molar-refractivity contribution in [3.8, 4) is 5.75 Å². The Kier molecular flexibility index (Phi) is 4.52. The van der Waals surface area contributed by atoms with Crippen LogP contribution in [0.4, 0.5) is 26.3 Å². The Morgan fingerprint density at radius 1 is 1.30 bits per heavy atom. The van der Waals surface area contributed by atoms with Crippen molar-refractivity contribution < 1.29 is 41.0 Å². The van der Waals surface area contributed by atoms with Gasteiger partial charge < -0.3 is 9.84 Å². The summed E-state index contributed by atoms with van der Waals surface area (Å²) in [4.78, 5) is 13.7. The minimum Gasteiger partial charge on any atom is -0.478 e. The average molecular weight is 368 g/mol. The summed E-state index contributed by atoms with van der Waals surface area (Å²) in [5, 5.41) is 8.35. The lowest BCUT2D eigenvalue weighted by Gasteiger charge is -2.16. The number of hydrogen-bond donors (Lipinski definition) is 1. The summed E-state index contributed by atoms with van der Waals surface area (Å²) in [6, 6.07) is 0.141. The zero-order chi connectivity index (χ0) is 15.7. The van der Waals surface area contributed by atoms with E-state index in [0.29, 0.717) is 0 Å². The molecule has 0 spiro atoms. The maximum Gasteiger partial charge on any atom is 0.573 e. The number of alkyl halides is 7. The van der Waals surface area contributed by atoms with Crippen LogP contribution in [0.25, 0.3) is 0 Å². The number of aromatic carboxylic acids is 1. The van der Waals surface area contributed by atoms with Gasteiger partial charge in [0.25, 0.3) is 0 Å². The molecule has 1 heterocycles. The maximum atomic E-state index is 12.6. The van der Waals surface area contributed by atoms with Crippen LogP contribution in [0.15, 0.2) is 6.07 Å². The molecule has 0 aliphatic rings. The Hall–Kier alpha value is -1.52. The predicted octanol–water partition coefficient (Wildman–Crippen LogP) is 3.59. The van der Waals surface area contributed by atoms with E-state index in [0.717, 1.165) is 0 Å². The molecule has 0 aliphatic carbocycles. The zero-order valence-corrected chi connectivity index (χ0v) is 10.7. The first-order valence-corrected chi connectivity index (χ1v) is 5.74. The molecule has 1 aromatic rings. The zero-order valence-electron chi connectivity index (χ0n) is 9.14. The highest BCUT2D eigenvalue weighted by Crippen LogP contribution is 2.38. The smallest absolute Gasteiger partial charge is 0.478 e. The van der Waals surface area contributed by atoms with Gasteiger partial charge in [0.15, 0.2) is 11.4 Å². The third kappa shape index (κ3) is 3.99. The van der Waals surface area contributed by atoms with Crippen molar-refractivity contribution in [2.45, 2.75) is 17.9 Å². The normalized spacial score (nSPS) is 12.3. The Morgan fingerprint density at radius 3 is 2.20 bits per heavy atom. The molecule has 1 aromatic heterocycles. The van der Waals surface area contributed by atoms with Gasteiger partial charge in [0.05, 0.1) is 11.3 Å². The fraction of sp³-hybridized carbons (Fsp3) is 0.333. The number of pyridine rings is 1. The predicted molar refractivity (Wildman–Crippen MR) is 55.5 cm³/mol. The quantitative estimate of drug-likeness (QED) is 0.655. The van der Waals surface area contributed by atoms with Gasteiger partial charge >= 0.3 is 18.5 Å². The third-order valence-electron chi connectivity index (χ3n) is 1.92. The van der Waals surface area contributed by atoms with E-state index >= 15 is 0 Å². The van der Waals surface area contributed by atoms with Crippen molar-refractivity contribution in [2.24, 2.45) is 0 Å². The second-order valence-electron chi connectivity index (χ2n) is 3.31. The molecule has 1 rings (SSSR count). The summed E-state index contributed by atoms with van der Waals surface area (Å²) in [5.41, 5.74) is -3.34. The molecule has 0 aliphatic heterocycles. The third-order valence-corrected chi connectivity index (χ3v) is 2.45. The molecule has 1 N–H and O–H groups in total. The molecule has 0 aromatic carbocycles. The number of carboxylic acid groups (broad SMARTS) is 1. The molecule has 11 heteroatoms. The Labute approximate surface area is 115 Å². The van der Waals surface area contributed by atoms with Crippen LogP contribution in [0.2, 0.25) is 0 Å². The molecule has 0 bridgehead atoms. The lowest BCUT2D eigenvalue weighted by atomic mass is 10.1. The van der Waals surface area contributed by atoms with Gasteiger partial charge in [0, 0.05) is 5.33 Å². The number of carbonyl (C=O) groups is 1. The van der Waals surface area contributed by atoms with Crippen molar-refractivity contribution >= 4 is 21.9 Å². The van der Waals surface area contributed by atoms with Crippen LogP contribution in [0.5, 0.6) is 5.75 Å². The molecule has 0 saturated carbocycles. The van der Waals surface area contributed by atoms with Gasteiger partial charge in [-0.05, 0) is 6.07 Å². The van der Waals surface area contributed by atoms with Crippen LogP contribution < -0.4 is 4.74 Å². The topological polar surface area (TPSA) is 59.4 Å². The van der Waals surface area contributed by atoms with Crippen LogP contribution in [0.3, 0.4) is 0 Å². The second-order valence-corrected chi connectivity index (χ2v) is 3.87. The summed E-state index contributed by atoms with van der Waals surface area (Å²) >= 11 is 2.71. The number of halogens is 7. The standard InChI is InChI=1S/C9H4BrF6NO3/c10-2-4-3(7(18)19)1-5(20-9(14,15)16)6(17-4)8(11,12)13/h1H,2H2,(H,18,19). The van der Waals surface area contributed by atoms with Gasteiger partial charge in [-0.3, -0.25) is 0 Å². The molecule has 0 amide bonds. The number of hydrogen-bond acceptors (Lipinski definition) is 3. The Balaban J connectivity index is 3.52. The number of rotatable bonds is 3. The van der Waals surface area contributed by atoms with E-state index in [1.165, 1.54) is 0 Å². The van der Waals surface area contributed by atoms with E-state index in [4.69, 9.17) is 5.11 Å². The molecular formula is C9H4BrF6NO3. The van der Waals surface area contributed by atoms with E-state index < -0.39 is 41.2 Å². The SMILES string of the molecule is O=C(O)c1cc(OC(F)(F)F)c(C(F)(F)F)nc1CBr. The lowest BCUT2D eigenvalue weighted by molar-refractivity contribution is -0.276. The first-order valence-electron chi connectivity index (χ1n) is 4.62. The summed E-state index contributed by atoms with van der Waals surface area (Å²) in [7, 11) is 0. The average Bonchev–Trinajstić information content (AvgIpc) is 2.24. The molecule has 0 fully saturated rings. The van der Waals surface area contributed by atoms with Gasteiger partial charge in [-0.25, -0.2) is 9.78 Å². The fourth-order valence-electron chi connectivity index (χ4n) is 1.23. The first kappa shape index (κ1) is 16.5.